The fraction of sp³-hybridized carbons (Fsp3) is 0.250. The molecular formula is C24H22BrN3O4. The van der Waals surface area contributed by atoms with Gasteiger partial charge in [-0.1, -0.05) is 12.1 Å². The number of ether oxygens (including phenoxy) is 2. The molecule has 8 heteroatoms. The minimum absolute atomic E-state index is 0.0924. The van der Waals surface area contributed by atoms with Gasteiger partial charge in [0.2, 0.25) is 5.91 Å². The van der Waals surface area contributed by atoms with Crippen LogP contribution in [0.4, 0.5) is 0 Å². The van der Waals surface area contributed by atoms with Crippen LogP contribution in [-0.4, -0.2) is 28.8 Å². The number of methoxy groups -OCH3 is 1. The Labute approximate surface area is 194 Å². The fourth-order valence-electron chi connectivity index (χ4n) is 3.35. The highest BCUT2D eigenvalue weighted by Gasteiger charge is 2.50. The Morgan fingerprint density at radius 1 is 1.06 bits per heavy atom. The van der Waals surface area contributed by atoms with E-state index in [0.717, 1.165) is 15.8 Å². The fourth-order valence-corrected chi connectivity index (χ4v) is 3.79. The van der Waals surface area contributed by atoms with Gasteiger partial charge in [-0.3, -0.25) is 9.59 Å². The van der Waals surface area contributed by atoms with Crippen LogP contribution in [-0.2, 0) is 11.3 Å². The number of aromatic nitrogens is 2. The van der Waals surface area contributed by atoms with Crippen molar-refractivity contribution in [3.63, 3.8) is 0 Å². The number of Topliss-reactive ketones (excluding diaryl/α,β-unsaturated/α-hetero) is 1. The third-order valence-electron chi connectivity index (χ3n) is 5.46. The monoisotopic (exact) mass is 495 g/mol. The number of halogens is 1. The van der Waals surface area contributed by atoms with Gasteiger partial charge in [-0.25, -0.2) is 9.97 Å². The number of nitrogens with one attached hydrogen (secondary N) is 1. The summed E-state index contributed by atoms with van der Waals surface area (Å²) in [6, 6.07) is 13.0. The number of hydrogen-bond donors (Lipinski definition) is 1. The second-order valence-electron chi connectivity index (χ2n) is 7.73. The van der Waals surface area contributed by atoms with Gasteiger partial charge in [0.1, 0.15) is 23.6 Å². The number of carbonyl (C=O) groups is 2. The SMILES string of the molecule is COc1ccc(Oc2ccc(CNC(=O)C3(CC(=O)c4cncnc4)CC3)cc2)c(Br)c1. The zero-order valence-electron chi connectivity index (χ0n) is 17.5. The summed E-state index contributed by atoms with van der Waals surface area (Å²) in [5.41, 5.74) is 0.764. The second-order valence-corrected chi connectivity index (χ2v) is 8.59. The van der Waals surface area contributed by atoms with Crippen LogP contribution in [0.1, 0.15) is 35.2 Å². The second kappa shape index (κ2) is 9.48. The van der Waals surface area contributed by atoms with E-state index in [1.807, 2.05) is 42.5 Å². The molecule has 1 heterocycles. The van der Waals surface area contributed by atoms with Crippen LogP contribution in [0.15, 0.2) is 65.7 Å². The lowest BCUT2D eigenvalue weighted by Crippen LogP contribution is -2.33. The summed E-state index contributed by atoms with van der Waals surface area (Å²) in [6.07, 6.45) is 5.94. The molecular weight excluding hydrogens is 474 g/mol. The Morgan fingerprint density at radius 3 is 2.38 bits per heavy atom. The van der Waals surface area contributed by atoms with E-state index in [4.69, 9.17) is 9.47 Å². The van der Waals surface area contributed by atoms with E-state index in [0.29, 0.717) is 36.4 Å². The van der Waals surface area contributed by atoms with Gasteiger partial charge < -0.3 is 14.8 Å². The third kappa shape index (κ3) is 5.13. The first kappa shape index (κ1) is 22.0. The molecule has 0 atom stereocenters. The van der Waals surface area contributed by atoms with E-state index in [1.165, 1.54) is 18.7 Å². The molecule has 1 aliphatic rings. The van der Waals surface area contributed by atoms with Gasteiger partial charge in [0.15, 0.2) is 5.78 Å². The maximum atomic E-state index is 12.7. The van der Waals surface area contributed by atoms with Crippen LogP contribution in [0.2, 0.25) is 0 Å². The molecule has 32 heavy (non-hydrogen) atoms. The van der Waals surface area contributed by atoms with Crippen molar-refractivity contribution in [2.45, 2.75) is 25.8 Å². The van der Waals surface area contributed by atoms with Gasteiger partial charge in [-0.15, -0.1) is 0 Å². The first-order chi connectivity index (χ1) is 15.5. The summed E-state index contributed by atoms with van der Waals surface area (Å²) in [7, 11) is 1.61. The molecule has 0 saturated heterocycles. The van der Waals surface area contributed by atoms with Gasteiger partial charge in [0.25, 0.3) is 0 Å². The smallest absolute Gasteiger partial charge is 0.226 e. The molecule has 1 amide bonds. The predicted molar refractivity (Wildman–Crippen MR) is 122 cm³/mol. The van der Waals surface area contributed by atoms with Crippen molar-refractivity contribution in [1.29, 1.82) is 0 Å². The van der Waals surface area contributed by atoms with Gasteiger partial charge in [0, 0.05) is 25.4 Å². The molecule has 2 aromatic carbocycles. The summed E-state index contributed by atoms with van der Waals surface area (Å²) in [5.74, 6) is 1.90. The first-order valence-corrected chi connectivity index (χ1v) is 11.0. The quantitative estimate of drug-likeness (QED) is 0.432. The normalized spacial score (nSPS) is 13.8. The van der Waals surface area contributed by atoms with Gasteiger partial charge in [-0.2, -0.15) is 0 Å². The molecule has 1 N–H and O–H groups in total. The van der Waals surface area contributed by atoms with E-state index >= 15 is 0 Å². The summed E-state index contributed by atoms with van der Waals surface area (Å²) in [5, 5.41) is 2.96. The topological polar surface area (TPSA) is 90.4 Å². The lowest BCUT2D eigenvalue weighted by molar-refractivity contribution is -0.126. The van der Waals surface area contributed by atoms with Gasteiger partial charge in [0.05, 0.1) is 22.6 Å². The molecule has 1 saturated carbocycles. The Balaban J connectivity index is 1.31. The van der Waals surface area contributed by atoms with Crippen molar-refractivity contribution in [2.75, 3.05) is 7.11 Å². The van der Waals surface area contributed by atoms with Crippen molar-refractivity contribution in [1.82, 2.24) is 15.3 Å². The molecule has 1 aliphatic carbocycles. The molecule has 0 spiro atoms. The average molecular weight is 496 g/mol. The lowest BCUT2D eigenvalue weighted by Gasteiger charge is -2.15. The average Bonchev–Trinajstić information content (AvgIpc) is 3.61. The highest BCUT2D eigenvalue weighted by atomic mass is 79.9. The summed E-state index contributed by atoms with van der Waals surface area (Å²) < 4.78 is 11.9. The van der Waals surface area contributed by atoms with E-state index in [1.54, 1.807) is 7.11 Å². The van der Waals surface area contributed by atoms with Crippen LogP contribution >= 0.6 is 15.9 Å². The third-order valence-corrected chi connectivity index (χ3v) is 6.08. The minimum atomic E-state index is -0.614. The number of hydrogen-bond acceptors (Lipinski definition) is 6. The standard InChI is InChI=1S/C24H22BrN3O4/c1-31-19-6-7-22(20(25)10-19)32-18-4-2-16(3-5-18)12-28-23(30)24(8-9-24)11-21(29)17-13-26-15-27-14-17/h2-7,10,13-15H,8-9,11-12H2,1H3,(H,28,30). The van der Waals surface area contributed by atoms with Crippen molar-refractivity contribution in [3.05, 3.63) is 76.8 Å². The molecule has 4 rings (SSSR count). The number of rotatable bonds is 9. The molecule has 0 unspecified atom stereocenters. The molecule has 3 aromatic rings. The summed E-state index contributed by atoms with van der Waals surface area (Å²) in [4.78, 5) is 32.9. The van der Waals surface area contributed by atoms with Crippen molar-refractivity contribution >= 4 is 27.6 Å². The van der Waals surface area contributed by atoms with Crippen molar-refractivity contribution < 1.29 is 19.1 Å². The van der Waals surface area contributed by atoms with Crippen LogP contribution in [0, 0.1) is 5.41 Å². The minimum Gasteiger partial charge on any atom is -0.497 e. The van der Waals surface area contributed by atoms with E-state index in [2.05, 4.69) is 31.2 Å². The molecule has 7 nitrogen and oxygen atoms in total. The molecule has 0 radical (unpaired) electrons. The Bertz CT molecular complexity index is 1120. The van der Waals surface area contributed by atoms with E-state index in [-0.39, 0.29) is 18.1 Å². The van der Waals surface area contributed by atoms with E-state index in [9.17, 15) is 9.59 Å². The Morgan fingerprint density at radius 2 is 1.75 bits per heavy atom. The van der Waals surface area contributed by atoms with Crippen LogP contribution in [0.25, 0.3) is 0 Å². The number of ketones is 1. The number of amides is 1. The van der Waals surface area contributed by atoms with Gasteiger partial charge >= 0.3 is 0 Å². The molecule has 1 fully saturated rings. The maximum absolute atomic E-state index is 12.7. The lowest BCUT2D eigenvalue weighted by atomic mass is 9.95. The number of nitrogens with zero attached hydrogens (tertiary/aromatic N) is 2. The van der Waals surface area contributed by atoms with E-state index < -0.39 is 5.41 Å². The van der Waals surface area contributed by atoms with Crippen LogP contribution < -0.4 is 14.8 Å². The Hall–Kier alpha value is -3.26. The van der Waals surface area contributed by atoms with Crippen LogP contribution in [0.3, 0.4) is 0 Å². The largest absolute Gasteiger partial charge is 0.497 e. The molecule has 164 valence electrons. The predicted octanol–water partition coefficient (Wildman–Crippen LogP) is 4.71. The highest BCUT2D eigenvalue weighted by molar-refractivity contribution is 9.10. The zero-order valence-corrected chi connectivity index (χ0v) is 19.1. The number of carbonyl (C=O) groups excluding carboxylic acids is 2. The van der Waals surface area contributed by atoms with Gasteiger partial charge in [-0.05, 0) is 64.7 Å². The van der Waals surface area contributed by atoms with Crippen LogP contribution in [0.5, 0.6) is 17.2 Å². The molecule has 0 bridgehead atoms. The summed E-state index contributed by atoms with van der Waals surface area (Å²) >= 11 is 3.47. The zero-order chi connectivity index (χ0) is 22.6. The first-order valence-electron chi connectivity index (χ1n) is 10.2. The molecule has 0 aliphatic heterocycles. The summed E-state index contributed by atoms with van der Waals surface area (Å²) in [6.45, 7) is 0.385. The molecule has 1 aromatic heterocycles. The Kier molecular flexibility index (Phi) is 6.50. The highest BCUT2D eigenvalue weighted by Crippen LogP contribution is 2.49. The van der Waals surface area contributed by atoms with Crippen molar-refractivity contribution in [2.24, 2.45) is 5.41 Å². The maximum Gasteiger partial charge on any atom is 0.226 e. The van der Waals surface area contributed by atoms with Crippen molar-refractivity contribution in [3.8, 4) is 17.2 Å². The number of benzene rings is 2.